The molecule has 0 fully saturated rings. The topological polar surface area (TPSA) is 50.9 Å². The van der Waals surface area contributed by atoms with Gasteiger partial charge in [0.05, 0.1) is 28.0 Å². The van der Waals surface area contributed by atoms with Crippen molar-refractivity contribution in [2.45, 2.75) is 104 Å². The number of hydrogen-bond acceptors (Lipinski definition) is 3. The Bertz CT molecular complexity index is 4220. The van der Waals surface area contributed by atoms with Crippen LogP contribution in [0.25, 0.3) is 83.9 Å². The van der Waals surface area contributed by atoms with Crippen LogP contribution in [0.1, 0.15) is 142 Å². The Balaban J connectivity index is 1.42. The minimum absolute atomic E-state index is 0.0588. The first-order valence-electron chi connectivity index (χ1n) is 35.3. The number of phenolic OH excluding ortho intramolecular Hbond substituents is 1. The summed E-state index contributed by atoms with van der Waals surface area (Å²) in [6.45, 7) is -29.8. The van der Waals surface area contributed by atoms with E-state index in [4.69, 9.17) is 47.0 Å². The smallest absolute Gasteiger partial charge is 0.149 e. The second-order valence-electron chi connectivity index (χ2n) is 18.1. The van der Waals surface area contributed by atoms with Crippen LogP contribution in [-0.2, 0) is 21.7 Å². The van der Waals surface area contributed by atoms with Gasteiger partial charge in [0.2, 0.25) is 0 Å². The molecule has 0 saturated carbocycles. The lowest BCUT2D eigenvalue weighted by Gasteiger charge is -2.28. The third kappa shape index (κ3) is 9.05. The molecule has 0 saturated heterocycles. The van der Waals surface area contributed by atoms with Crippen LogP contribution in [0.5, 0.6) is 5.75 Å². The van der Waals surface area contributed by atoms with Gasteiger partial charge in [-0.25, -0.2) is 4.98 Å². The highest BCUT2D eigenvalue weighted by molar-refractivity contribution is 5.98. The van der Waals surface area contributed by atoms with E-state index in [1.54, 1.807) is 48.5 Å². The van der Waals surface area contributed by atoms with E-state index in [1.165, 1.54) is 22.9 Å². The summed E-state index contributed by atoms with van der Waals surface area (Å²) in [5, 5.41) is 13.1. The van der Waals surface area contributed by atoms with Crippen molar-refractivity contribution in [1.82, 2.24) is 14.5 Å². The van der Waals surface area contributed by atoms with Gasteiger partial charge < -0.3 is 5.11 Å². The fourth-order valence-corrected chi connectivity index (χ4v) is 8.61. The van der Waals surface area contributed by atoms with E-state index in [9.17, 15) is 5.11 Å². The van der Waals surface area contributed by atoms with Gasteiger partial charge in [-0.3, -0.25) is 9.55 Å². The van der Waals surface area contributed by atoms with Crippen LogP contribution in [0.3, 0.4) is 0 Å². The molecular weight excluding hydrogens is 827 g/mol. The molecule has 0 spiro atoms. The van der Waals surface area contributed by atoms with E-state index in [1.807, 2.05) is 99.6 Å². The number of rotatable bonds is 7. The van der Waals surface area contributed by atoms with Gasteiger partial charge >= 0.3 is 0 Å². The van der Waals surface area contributed by atoms with Gasteiger partial charge in [-0.1, -0.05) is 192 Å². The second-order valence-corrected chi connectivity index (χ2v) is 18.1. The number of phenols is 1. The van der Waals surface area contributed by atoms with Gasteiger partial charge in [0, 0.05) is 59.9 Å². The zero-order valence-electron chi connectivity index (χ0n) is 64.5. The van der Waals surface area contributed by atoms with E-state index in [-0.39, 0.29) is 22.8 Å². The molecule has 342 valence electrons. The molecule has 1 N–H and O–H groups in total. The molecule has 2 aromatic heterocycles. The number of pyridine rings is 1. The van der Waals surface area contributed by atoms with E-state index in [2.05, 4.69) is 0 Å². The highest BCUT2D eigenvalue weighted by Crippen LogP contribution is 2.46. The largest absolute Gasteiger partial charge is 0.507 e. The summed E-state index contributed by atoms with van der Waals surface area (Å²) in [5.74, 6) is -1.92. The predicted molar refractivity (Wildman–Crippen MR) is 288 cm³/mol. The molecule has 0 aliphatic carbocycles. The van der Waals surface area contributed by atoms with Crippen molar-refractivity contribution in [3.63, 3.8) is 0 Å². The molecule has 4 nitrogen and oxygen atoms in total. The summed E-state index contributed by atoms with van der Waals surface area (Å²) in [4.78, 5) is 9.92. The lowest BCUT2D eigenvalue weighted by atomic mass is 9.78. The van der Waals surface area contributed by atoms with Crippen LogP contribution in [0, 0.1) is 0 Å². The molecule has 0 radical (unpaired) electrons. The van der Waals surface area contributed by atoms with Crippen molar-refractivity contribution in [3.05, 3.63) is 192 Å². The zero-order valence-corrected chi connectivity index (χ0v) is 37.5. The SMILES string of the molecule is [2H]C([2H])([2H])C(c1ccc(-c2ccnc(-c3cc(-c4ccccc4)cc(-c4cccc5c4nc(-c4cc(C(C([2H])([2H])[2H])(C([2H])([2H])[2H])C([2H])([2H])[2H])cc(C(C([2H])([2H])[2H])(C([2H])([2H])[2H])C([2H])([2H])[2H])c4O)n5-c4ccc(-c5ccccc5)cc4C(C)(C)C)c3)c2)cc1)(C([2H])([2H])[2H])C([2H])([2H])[2H]. The third-order valence-electron chi connectivity index (χ3n) is 12.1. The quantitative estimate of drug-likeness (QED) is 0.173. The molecule has 0 aliphatic rings. The van der Waals surface area contributed by atoms with Crippen molar-refractivity contribution in [2.24, 2.45) is 0 Å². The number of benzene rings is 7. The molecule has 7 aromatic carbocycles. The second kappa shape index (κ2) is 17.2. The summed E-state index contributed by atoms with van der Waals surface area (Å²) in [7, 11) is 0. The van der Waals surface area contributed by atoms with Gasteiger partial charge in [0.15, 0.2) is 0 Å². The molecule has 2 heterocycles. The van der Waals surface area contributed by atoms with Crippen LogP contribution in [-0.4, -0.2) is 19.6 Å². The first-order chi connectivity index (χ1) is 43.4. The molecule has 0 amide bonds. The maximum absolute atomic E-state index is 13.1. The normalized spacial score (nSPS) is 20.0. The van der Waals surface area contributed by atoms with Crippen LogP contribution in [0.4, 0.5) is 0 Å². The van der Waals surface area contributed by atoms with E-state index in [0.29, 0.717) is 61.8 Å². The number of imidazole rings is 1. The molecule has 0 unspecified atom stereocenters. The van der Waals surface area contributed by atoms with Crippen molar-refractivity contribution in [1.29, 1.82) is 0 Å². The number of nitrogens with zero attached hydrogens (tertiary/aromatic N) is 3. The number of fused-ring (bicyclic) bond motifs is 1. The molecule has 0 aliphatic heterocycles. The summed E-state index contributed by atoms with van der Waals surface area (Å²) in [6, 6.07) is 43.4. The zero-order chi connectivity index (χ0) is 70.8. The maximum atomic E-state index is 13.1. The van der Waals surface area contributed by atoms with Crippen molar-refractivity contribution < 1.29 is 42.1 Å². The van der Waals surface area contributed by atoms with Gasteiger partial charge in [0.1, 0.15) is 11.6 Å². The standard InChI is InChI=1S/C64H65N3O/c1-61(2,3)49-29-26-43(27-30-49)45-32-33-65-55(38-45)48-35-46(42-22-17-14-18-23-42)34-47(36-48)51-24-19-25-57-58(51)66-60(52-39-50(62(4,5)6)40-54(59(52)68)64(10,11)12)67(57)56-31-28-44(37-53(56)63(7,8)9)41-20-15-13-16-21-41/h13-40,68H,1-12H3/i1D3,2D3,3D3,4D3,5D3,6D3,10D3,11D3,12D3. The fourth-order valence-electron chi connectivity index (χ4n) is 8.61. The Morgan fingerprint density at radius 3 is 1.69 bits per heavy atom. The molecule has 68 heavy (non-hydrogen) atoms. The average molecular weight is 919 g/mol. The molecule has 9 aromatic rings. The van der Waals surface area contributed by atoms with Crippen LogP contribution >= 0.6 is 0 Å². The number of hydrogen-bond donors (Lipinski definition) is 1. The summed E-state index contributed by atoms with van der Waals surface area (Å²) in [5.41, 5.74) is -10.2. The molecule has 9 rings (SSSR count). The summed E-state index contributed by atoms with van der Waals surface area (Å²) < 4.78 is 235. The van der Waals surface area contributed by atoms with Gasteiger partial charge in [0.25, 0.3) is 0 Å². The van der Waals surface area contributed by atoms with Gasteiger partial charge in [-0.2, -0.15) is 0 Å². The Labute approximate surface area is 442 Å². The van der Waals surface area contributed by atoms with E-state index < -0.39 is 117 Å². The number of aromatic nitrogens is 3. The Morgan fingerprint density at radius 1 is 0.441 bits per heavy atom. The third-order valence-corrected chi connectivity index (χ3v) is 12.1. The summed E-state index contributed by atoms with van der Waals surface area (Å²) >= 11 is 0. The van der Waals surface area contributed by atoms with E-state index >= 15 is 0 Å². The lowest BCUT2D eigenvalue weighted by Crippen LogP contribution is -2.18. The fraction of sp³-hybridized carbons (Fsp3) is 0.250. The minimum atomic E-state index is -4.21. The first kappa shape index (κ1) is 23.8. The predicted octanol–water partition coefficient (Wildman–Crippen LogP) is 17.3. The number of para-hydroxylation sites is 1. The first-order valence-corrected chi connectivity index (χ1v) is 21.8. The van der Waals surface area contributed by atoms with Gasteiger partial charge in [-0.15, -0.1) is 0 Å². The monoisotopic (exact) mass is 919 g/mol. The van der Waals surface area contributed by atoms with Crippen molar-refractivity contribution in [3.8, 4) is 78.6 Å². The average Bonchev–Trinajstić information content (AvgIpc) is 1.10. The Hall–Kier alpha value is -7.04. The van der Waals surface area contributed by atoms with Crippen LogP contribution in [0.2, 0.25) is 0 Å². The highest BCUT2D eigenvalue weighted by atomic mass is 16.3. The van der Waals surface area contributed by atoms with Crippen LogP contribution < -0.4 is 0 Å². The molecular formula is C64H65N3O. The van der Waals surface area contributed by atoms with Crippen molar-refractivity contribution >= 4 is 11.0 Å². The Kier molecular flexibility index (Phi) is 6.03. The minimum Gasteiger partial charge on any atom is -0.507 e. The maximum Gasteiger partial charge on any atom is 0.149 e. The Morgan fingerprint density at radius 2 is 1.03 bits per heavy atom. The molecule has 4 heteroatoms. The highest BCUT2D eigenvalue weighted by Gasteiger charge is 2.30. The van der Waals surface area contributed by atoms with Crippen LogP contribution in [0.15, 0.2) is 170 Å². The van der Waals surface area contributed by atoms with Gasteiger partial charge in [-0.05, 0) is 132 Å². The number of aromatic hydroxyl groups is 1. The van der Waals surface area contributed by atoms with Crippen molar-refractivity contribution in [2.75, 3.05) is 0 Å². The lowest BCUT2D eigenvalue weighted by molar-refractivity contribution is 0.446. The molecule has 0 bridgehead atoms. The van der Waals surface area contributed by atoms with E-state index in [0.717, 1.165) is 17.7 Å². The molecule has 0 atom stereocenters. The summed E-state index contributed by atoms with van der Waals surface area (Å²) in [6.07, 6.45) is 1.49.